The highest BCUT2D eigenvalue weighted by atomic mass is 32.2. The Morgan fingerprint density at radius 2 is 1.95 bits per heavy atom. The lowest BCUT2D eigenvalue weighted by Gasteiger charge is -2.27. The number of carbonyl (C=O) groups is 1. The first-order valence-electron chi connectivity index (χ1n) is 6.46. The maximum absolute atomic E-state index is 12.9. The van der Waals surface area contributed by atoms with E-state index in [0.717, 1.165) is 36.9 Å². The van der Waals surface area contributed by atoms with Crippen LogP contribution in [0.1, 0.15) is 5.56 Å². The largest absolute Gasteiger partial charge is 0.348 e. The molecular formula is C14H14FN3OS. The van der Waals surface area contributed by atoms with Gasteiger partial charge in [0.2, 0.25) is 0 Å². The van der Waals surface area contributed by atoms with Gasteiger partial charge in [0, 0.05) is 26.2 Å². The molecule has 2 aliphatic rings. The summed E-state index contributed by atoms with van der Waals surface area (Å²) in [5, 5.41) is 4.03. The van der Waals surface area contributed by atoms with E-state index in [2.05, 4.69) is 15.2 Å². The molecule has 0 aliphatic carbocycles. The first-order chi connectivity index (χ1) is 9.72. The second kappa shape index (κ2) is 5.76. The van der Waals surface area contributed by atoms with Gasteiger partial charge in [0.1, 0.15) is 5.82 Å². The lowest BCUT2D eigenvalue weighted by molar-refractivity contribution is -0.113. The van der Waals surface area contributed by atoms with Crippen LogP contribution in [0.25, 0.3) is 6.08 Å². The molecule has 1 aromatic rings. The Morgan fingerprint density at radius 1 is 1.25 bits per heavy atom. The van der Waals surface area contributed by atoms with E-state index < -0.39 is 0 Å². The molecule has 4 nitrogen and oxygen atoms in total. The molecule has 0 aromatic heterocycles. The van der Waals surface area contributed by atoms with Crippen LogP contribution in [0, 0.1) is 5.82 Å². The Hall–Kier alpha value is -1.66. The maximum atomic E-state index is 12.9. The van der Waals surface area contributed by atoms with Crippen LogP contribution in [-0.4, -0.2) is 42.2 Å². The molecule has 0 radical (unpaired) electrons. The average Bonchev–Trinajstić information content (AvgIpc) is 2.84. The minimum Gasteiger partial charge on any atom is -0.348 e. The van der Waals surface area contributed by atoms with Crippen LogP contribution < -0.4 is 5.32 Å². The van der Waals surface area contributed by atoms with Crippen LogP contribution in [0.2, 0.25) is 0 Å². The number of hydrogen-bond donors (Lipinski definition) is 1. The molecule has 1 aromatic carbocycles. The third-order valence-electron chi connectivity index (χ3n) is 3.16. The molecule has 104 valence electrons. The number of hydrogen-bond acceptors (Lipinski definition) is 4. The summed E-state index contributed by atoms with van der Waals surface area (Å²) in [6.45, 7) is 3.54. The molecule has 1 N–H and O–H groups in total. The van der Waals surface area contributed by atoms with Crippen molar-refractivity contribution in [1.29, 1.82) is 0 Å². The lowest BCUT2D eigenvalue weighted by atomic mass is 10.2. The van der Waals surface area contributed by atoms with Crippen LogP contribution in [0.4, 0.5) is 4.39 Å². The van der Waals surface area contributed by atoms with Gasteiger partial charge >= 0.3 is 0 Å². The van der Waals surface area contributed by atoms with Crippen molar-refractivity contribution >= 4 is 28.9 Å². The molecule has 0 saturated carbocycles. The molecule has 20 heavy (non-hydrogen) atoms. The number of aliphatic imine (C=N–C) groups is 1. The molecule has 0 bridgehead atoms. The van der Waals surface area contributed by atoms with Crippen LogP contribution >= 0.6 is 11.8 Å². The van der Waals surface area contributed by atoms with Crippen LogP contribution in [0.3, 0.4) is 0 Å². The highest BCUT2D eigenvalue weighted by Gasteiger charge is 2.26. The van der Waals surface area contributed by atoms with Crippen molar-refractivity contribution < 1.29 is 9.18 Å². The summed E-state index contributed by atoms with van der Waals surface area (Å²) in [5.74, 6) is -0.497. The second-order valence-corrected chi connectivity index (χ2v) is 5.61. The molecule has 2 aliphatic heterocycles. The van der Waals surface area contributed by atoms with E-state index in [0.29, 0.717) is 4.91 Å². The normalized spacial score (nSPS) is 21.4. The highest BCUT2D eigenvalue weighted by Crippen LogP contribution is 2.30. The van der Waals surface area contributed by atoms with Crippen molar-refractivity contribution in [2.75, 3.05) is 26.2 Å². The quantitative estimate of drug-likeness (QED) is 0.800. The van der Waals surface area contributed by atoms with E-state index in [1.54, 1.807) is 18.2 Å². The van der Waals surface area contributed by atoms with Crippen LogP contribution in [-0.2, 0) is 4.79 Å². The Labute approximate surface area is 120 Å². The van der Waals surface area contributed by atoms with Gasteiger partial charge < -0.3 is 10.2 Å². The zero-order chi connectivity index (χ0) is 13.9. The Morgan fingerprint density at radius 3 is 2.65 bits per heavy atom. The highest BCUT2D eigenvalue weighted by molar-refractivity contribution is 8.18. The SMILES string of the molecule is O=C1N=C(N2CCNCC2)S/C1=C\c1ccc(F)cc1. The minimum atomic E-state index is -0.282. The number of piperazine rings is 1. The van der Waals surface area contributed by atoms with Gasteiger partial charge in [-0.3, -0.25) is 4.79 Å². The van der Waals surface area contributed by atoms with Crippen molar-refractivity contribution in [1.82, 2.24) is 10.2 Å². The fourth-order valence-electron chi connectivity index (χ4n) is 2.10. The molecular weight excluding hydrogens is 277 g/mol. The van der Waals surface area contributed by atoms with E-state index in [4.69, 9.17) is 0 Å². The van der Waals surface area contributed by atoms with Crippen molar-refractivity contribution in [3.8, 4) is 0 Å². The average molecular weight is 291 g/mol. The van der Waals surface area contributed by atoms with Crippen molar-refractivity contribution in [3.63, 3.8) is 0 Å². The predicted octanol–water partition coefficient (Wildman–Crippen LogP) is 1.70. The zero-order valence-corrected chi connectivity index (χ0v) is 11.6. The van der Waals surface area contributed by atoms with E-state index in [1.807, 2.05) is 0 Å². The number of rotatable bonds is 1. The predicted molar refractivity (Wildman–Crippen MR) is 78.9 cm³/mol. The third-order valence-corrected chi connectivity index (χ3v) is 4.21. The summed E-state index contributed by atoms with van der Waals surface area (Å²) in [4.78, 5) is 18.7. The number of amidine groups is 1. The minimum absolute atomic E-state index is 0.215. The lowest BCUT2D eigenvalue weighted by Crippen LogP contribution is -2.45. The molecule has 0 spiro atoms. The third kappa shape index (κ3) is 2.91. The summed E-state index contributed by atoms with van der Waals surface area (Å²) in [7, 11) is 0. The molecule has 1 fully saturated rings. The van der Waals surface area contributed by atoms with Crippen molar-refractivity contribution in [2.45, 2.75) is 0 Å². The zero-order valence-electron chi connectivity index (χ0n) is 10.8. The number of benzene rings is 1. The Bertz CT molecular complexity index is 577. The first-order valence-corrected chi connectivity index (χ1v) is 7.28. The van der Waals surface area contributed by atoms with Crippen LogP contribution in [0.15, 0.2) is 34.2 Å². The fourth-order valence-corrected chi connectivity index (χ4v) is 3.06. The van der Waals surface area contributed by atoms with E-state index in [1.165, 1.54) is 23.9 Å². The van der Waals surface area contributed by atoms with Crippen molar-refractivity contribution in [2.24, 2.45) is 4.99 Å². The van der Waals surface area contributed by atoms with E-state index in [9.17, 15) is 9.18 Å². The monoisotopic (exact) mass is 291 g/mol. The molecule has 3 rings (SSSR count). The molecule has 2 heterocycles. The van der Waals surface area contributed by atoms with Gasteiger partial charge in [-0.05, 0) is 35.5 Å². The Kier molecular flexibility index (Phi) is 3.84. The summed E-state index contributed by atoms with van der Waals surface area (Å²) in [5.41, 5.74) is 0.805. The van der Waals surface area contributed by atoms with Gasteiger partial charge in [0.05, 0.1) is 4.91 Å². The maximum Gasteiger partial charge on any atom is 0.286 e. The van der Waals surface area contributed by atoms with Gasteiger partial charge in [-0.1, -0.05) is 12.1 Å². The number of amides is 1. The Balaban J connectivity index is 1.74. The summed E-state index contributed by atoms with van der Waals surface area (Å²) < 4.78 is 12.9. The summed E-state index contributed by atoms with van der Waals surface area (Å²) in [6.07, 6.45) is 1.76. The second-order valence-electron chi connectivity index (χ2n) is 4.60. The van der Waals surface area contributed by atoms with E-state index in [-0.39, 0.29) is 11.7 Å². The molecule has 0 atom stereocenters. The van der Waals surface area contributed by atoms with Gasteiger partial charge in [0.25, 0.3) is 5.91 Å². The molecule has 6 heteroatoms. The summed E-state index contributed by atoms with van der Waals surface area (Å²) in [6, 6.07) is 6.07. The van der Waals surface area contributed by atoms with E-state index >= 15 is 0 Å². The number of nitrogens with zero attached hydrogens (tertiary/aromatic N) is 2. The van der Waals surface area contributed by atoms with Crippen molar-refractivity contribution in [3.05, 3.63) is 40.6 Å². The standard InChI is InChI=1S/C14H14FN3OS/c15-11-3-1-10(2-4-11)9-12-13(19)17-14(20-12)18-7-5-16-6-8-18/h1-4,9,16H,5-8H2/b12-9-. The number of nitrogens with one attached hydrogen (secondary N) is 1. The molecule has 1 saturated heterocycles. The topological polar surface area (TPSA) is 44.7 Å². The van der Waals surface area contributed by atoms with Gasteiger partial charge in [-0.25, -0.2) is 4.39 Å². The summed E-state index contributed by atoms with van der Waals surface area (Å²) >= 11 is 1.39. The number of thioether (sulfide) groups is 1. The van der Waals surface area contributed by atoms with Gasteiger partial charge in [-0.2, -0.15) is 4.99 Å². The fraction of sp³-hybridized carbons (Fsp3) is 0.286. The number of halogens is 1. The van der Waals surface area contributed by atoms with Crippen LogP contribution in [0.5, 0.6) is 0 Å². The molecule has 1 amide bonds. The van der Waals surface area contributed by atoms with Gasteiger partial charge in [0.15, 0.2) is 5.17 Å². The van der Waals surface area contributed by atoms with Gasteiger partial charge in [-0.15, -0.1) is 0 Å². The molecule has 0 unspecified atom stereocenters. The smallest absolute Gasteiger partial charge is 0.286 e. The first kappa shape index (κ1) is 13.3. The number of carbonyl (C=O) groups excluding carboxylic acids is 1.